The van der Waals surface area contributed by atoms with Crippen molar-refractivity contribution < 1.29 is 0 Å². The highest BCUT2D eigenvalue weighted by Crippen LogP contribution is 2.28. The minimum absolute atomic E-state index is 0.412. The van der Waals surface area contributed by atoms with Crippen LogP contribution >= 0.6 is 11.3 Å². The molecule has 0 spiro atoms. The van der Waals surface area contributed by atoms with Crippen LogP contribution in [0.2, 0.25) is 0 Å². The van der Waals surface area contributed by atoms with Gasteiger partial charge in [-0.2, -0.15) is 5.10 Å². The average Bonchev–Trinajstić information content (AvgIpc) is 3.28. The lowest BCUT2D eigenvalue weighted by atomic mass is 9.97. The molecule has 1 saturated heterocycles. The van der Waals surface area contributed by atoms with Gasteiger partial charge in [0.05, 0.1) is 23.4 Å². The van der Waals surface area contributed by atoms with Crippen molar-refractivity contribution >= 4 is 17.2 Å². The van der Waals surface area contributed by atoms with Gasteiger partial charge in [0.1, 0.15) is 5.82 Å². The van der Waals surface area contributed by atoms with Crippen molar-refractivity contribution in [1.82, 2.24) is 24.7 Å². The van der Waals surface area contributed by atoms with Crippen LogP contribution < -0.4 is 4.90 Å². The van der Waals surface area contributed by atoms with Crippen LogP contribution in [-0.2, 0) is 6.54 Å². The third kappa shape index (κ3) is 3.17. The summed E-state index contributed by atoms with van der Waals surface area (Å²) in [5.74, 6) is 2.52. The summed E-state index contributed by atoms with van der Waals surface area (Å²) in [5.41, 5.74) is 3.92. The number of anilines is 1. The molecule has 0 aliphatic carbocycles. The first-order valence-electron chi connectivity index (χ1n) is 8.23. The monoisotopic (exact) mass is 340 g/mol. The Balaban J connectivity index is 1.52. The summed E-state index contributed by atoms with van der Waals surface area (Å²) in [5, 5.41) is 10.6. The van der Waals surface area contributed by atoms with Crippen LogP contribution in [0.15, 0.2) is 35.4 Å². The lowest BCUT2D eigenvalue weighted by Gasteiger charge is -2.33. The van der Waals surface area contributed by atoms with Gasteiger partial charge in [0.2, 0.25) is 0 Å². The summed E-state index contributed by atoms with van der Waals surface area (Å²) in [4.78, 5) is 11.3. The van der Waals surface area contributed by atoms with Gasteiger partial charge >= 0.3 is 0 Å². The number of nitrogens with zero attached hydrogens (tertiary/aromatic N) is 6. The first kappa shape index (κ1) is 15.3. The first-order valence-corrected chi connectivity index (χ1v) is 9.17. The maximum absolute atomic E-state index is 4.64. The van der Waals surface area contributed by atoms with Crippen LogP contribution in [0.1, 0.15) is 36.0 Å². The van der Waals surface area contributed by atoms with E-state index >= 15 is 0 Å². The Bertz CT molecular complexity index is 780. The van der Waals surface area contributed by atoms with Gasteiger partial charge in [0, 0.05) is 36.8 Å². The molecule has 0 amide bonds. The van der Waals surface area contributed by atoms with Crippen LogP contribution in [0.3, 0.4) is 0 Å². The zero-order chi connectivity index (χ0) is 16.4. The van der Waals surface area contributed by atoms with Crippen molar-refractivity contribution in [2.45, 2.75) is 32.2 Å². The molecule has 0 aromatic carbocycles. The van der Waals surface area contributed by atoms with Crippen molar-refractivity contribution in [2.75, 3.05) is 18.0 Å². The van der Waals surface area contributed by atoms with E-state index in [0.29, 0.717) is 5.92 Å². The van der Waals surface area contributed by atoms with E-state index < -0.39 is 0 Å². The average molecular weight is 340 g/mol. The van der Waals surface area contributed by atoms with Crippen LogP contribution in [-0.4, -0.2) is 37.8 Å². The van der Waals surface area contributed by atoms with Gasteiger partial charge in [-0.05, 0) is 31.9 Å². The maximum atomic E-state index is 4.64. The van der Waals surface area contributed by atoms with Gasteiger partial charge in [-0.3, -0.25) is 0 Å². The number of piperidine rings is 1. The molecular formula is C17H20N6S. The van der Waals surface area contributed by atoms with E-state index in [-0.39, 0.29) is 0 Å². The summed E-state index contributed by atoms with van der Waals surface area (Å²) >= 11 is 1.63. The van der Waals surface area contributed by atoms with Gasteiger partial charge in [-0.25, -0.2) is 9.97 Å². The van der Waals surface area contributed by atoms with Gasteiger partial charge in [-0.1, -0.05) is 0 Å². The Kier molecular flexibility index (Phi) is 4.25. The van der Waals surface area contributed by atoms with Crippen LogP contribution in [0.5, 0.6) is 0 Å². The Hall–Kier alpha value is -2.28. The molecule has 1 aliphatic rings. The molecule has 0 saturated carbocycles. The molecule has 0 radical (unpaired) electrons. The fourth-order valence-electron chi connectivity index (χ4n) is 3.26. The smallest absolute Gasteiger partial charge is 0.151 e. The Labute approximate surface area is 145 Å². The number of hydrogen-bond donors (Lipinski definition) is 0. The zero-order valence-corrected chi connectivity index (χ0v) is 14.5. The van der Waals surface area contributed by atoms with Crippen LogP contribution in [0, 0.1) is 6.92 Å². The Morgan fingerprint density at radius 3 is 3.00 bits per heavy atom. The first-order chi connectivity index (χ1) is 11.8. The molecule has 1 atom stereocenters. The highest BCUT2D eigenvalue weighted by Gasteiger charge is 2.25. The minimum atomic E-state index is 0.412. The second kappa shape index (κ2) is 6.68. The third-order valence-electron chi connectivity index (χ3n) is 4.46. The third-order valence-corrected chi connectivity index (χ3v) is 5.09. The minimum Gasteiger partial charge on any atom is -0.354 e. The number of aromatic nitrogens is 5. The second-order valence-corrected chi connectivity index (χ2v) is 6.93. The van der Waals surface area contributed by atoms with Crippen molar-refractivity contribution in [3.63, 3.8) is 0 Å². The standard InChI is InChI=1S/C17H20N6S/c1-13-4-5-16(21-20-13)22-7-2-3-14(9-22)17-18-6-8-23(17)10-15-11-24-12-19-15/h4-6,8,11-12,14H,2-3,7,9-10H2,1H3. The molecule has 1 aliphatic heterocycles. The summed E-state index contributed by atoms with van der Waals surface area (Å²) < 4.78 is 2.23. The molecule has 24 heavy (non-hydrogen) atoms. The van der Waals surface area contributed by atoms with E-state index in [9.17, 15) is 0 Å². The van der Waals surface area contributed by atoms with Gasteiger partial charge < -0.3 is 9.47 Å². The fourth-order valence-corrected chi connectivity index (χ4v) is 3.81. The van der Waals surface area contributed by atoms with Gasteiger partial charge in [0.15, 0.2) is 5.82 Å². The quantitative estimate of drug-likeness (QED) is 0.731. The summed E-state index contributed by atoms with van der Waals surface area (Å²) in [6.07, 6.45) is 6.25. The SMILES string of the molecule is Cc1ccc(N2CCCC(c3nccn3Cc3cscn3)C2)nn1. The number of hydrogen-bond acceptors (Lipinski definition) is 6. The number of thiazole rings is 1. The molecule has 124 valence electrons. The highest BCUT2D eigenvalue weighted by molar-refractivity contribution is 7.07. The molecular weight excluding hydrogens is 320 g/mol. The van der Waals surface area contributed by atoms with E-state index in [1.54, 1.807) is 11.3 Å². The fraction of sp³-hybridized carbons (Fsp3) is 0.412. The Morgan fingerprint density at radius 1 is 1.25 bits per heavy atom. The van der Waals surface area contributed by atoms with Crippen molar-refractivity contribution in [2.24, 2.45) is 0 Å². The van der Waals surface area contributed by atoms with E-state index in [2.05, 4.69) is 47.3 Å². The lowest BCUT2D eigenvalue weighted by Crippen LogP contribution is -2.36. The van der Waals surface area contributed by atoms with E-state index in [4.69, 9.17) is 0 Å². The normalized spacial score (nSPS) is 18.0. The highest BCUT2D eigenvalue weighted by atomic mass is 32.1. The maximum Gasteiger partial charge on any atom is 0.151 e. The molecule has 1 unspecified atom stereocenters. The van der Waals surface area contributed by atoms with Crippen molar-refractivity contribution in [3.8, 4) is 0 Å². The molecule has 0 bridgehead atoms. The molecule has 0 N–H and O–H groups in total. The molecule has 3 aromatic rings. The van der Waals surface area contributed by atoms with Crippen molar-refractivity contribution in [3.05, 3.63) is 52.6 Å². The number of rotatable bonds is 4. The Morgan fingerprint density at radius 2 is 2.21 bits per heavy atom. The number of aryl methyl sites for hydroxylation is 1. The van der Waals surface area contributed by atoms with Gasteiger partial charge in [-0.15, -0.1) is 16.4 Å². The largest absolute Gasteiger partial charge is 0.354 e. The predicted octanol–water partition coefficient (Wildman–Crippen LogP) is 2.87. The molecule has 4 rings (SSSR count). The molecule has 7 heteroatoms. The van der Waals surface area contributed by atoms with E-state index in [1.807, 2.05) is 24.7 Å². The predicted molar refractivity (Wildman–Crippen MR) is 94.4 cm³/mol. The second-order valence-electron chi connectivity index (χ2n) is 6.21. The molecule has 6 nitrogen and oxygen atoms in total. The lowest BCUT2D eigenvalue weighted by molar-refractivity contribution is 0.472. The molecule has 1 fully saturated rings. The van der Waals surface area contributed by atoms with E-state index in [1.165, 1.54) is 0 Å². The van der Waals surface area contributed by atoms with Crippen LogP contribution in [0.25, 0.3) is 0 Å². The summed E-state index contributed by atoms with van der Waals surface area (Å²) in [6, 6.07) is 4.08. The topological polar surface area (TPSA) is 59.7 Å². The van der Waals surface area contributed by atoms with E-state index in [0.717, 1.165) is 55.5 Å². The number of imidazole rings is 1. The molecule has 3 aromatic heterocycles. The van der Waals surface area contributed by atoms with Crippen molar-refractivity contribution in [1.29, 1.82) is 0 Å². The summed E-state index contributed by atoms with van der Waals surface area (Å²) in [7, 11) is 0. The summed E-state index contributed by atoms with van der Waals surface area (Å²) in [6.45, 7) is 4.72. The van der Waals surface area contributed by atoms with Gasteiger partial charge in [0.25, 0.3) is 0 Å². The van der Waals surface area contributed by atoms with Crippen LogP contribution in [0.4, 0.5) is 5.82 Å². The molecule has 4 heterocycles. The zero-order valence-electron chi connectivity index (χ0n) is 13.7.